The van der Waals surface area contributed by atoms with Gasteiger partial charge in [0, 0.05) is 20.1 Å². The molecule has 1 heterocycles. The van der Waals surface area contributed by atoms with Gasteiger partial charge < -0.3 is 15.5 Å². The number of rotatable bonds is 5. The van der Waals surface area contributed by atoms with Crippen molar-refractivity contribution in [1.29, 1.82) is 0 Å². The summed E-state index contributed by atoms with van der Waals surface area (Å²) in [6, 6.07) is 8.06. The van der Waals surface area contributed by atoms with E-state index in [1.165, 1.54) is 5.56 Å². The second-order valence-electron chi connectivity index (χ2n) is 5.05. The highest BCUT2D eigenvalue weighted by Gasteiger charge is 2.27. The third-order valence-corrected chi connectivity index (χ3v) is 3.65. The van der Waals surface area contributed by atoms with E-state index in [9.17, 15) is 4.79 Å². The number of benzene rings is 1. The summed E-state index contributed by atoms with van der Waals surface area (Å²) in [5.41, 5.74) is 2.43. The lowest BCUT2D eigenvalue weighted by Crippen LogP contribution is -2.42. The number of amides is 1. The SMILES string of the molecule is CNCCCN(C)C(=O)C1NCCc2ccccc21. The van der Waals surface area contributed by atoms with Gasteiger partial charge in [0.05, 0.1) is 0 Å². The van der Waals surface area contributed by atoms with Gasteiger partial charge in [0.1, 0.15) is 6.04 Å². The van der Waals surface area contributed by atoms with E-state index in [1.54, 1.807) is 0 Å². The van der Waals surface area contributed by atoms with Gasteiger partial charge in [0.15, 0.2) is 0 Å². The van der Waals surface area contributed by atoms with Crippen molar-refractivity contribution in [3.8, 4) is 0 Å². The normalized spacial score (nSPS) is 17.9. The van der Waals surface area contributed by atoms with E-state index in [-0.39, 0.29) is 11.9 Å². The van der Waals surface area contributed by atoms with Gasteiger partial charge >= 0.3 is 0 Å². The van der Waals surface area contributed by atoms with Gasteiger partial charge in [0.2, 0.25) is 5.91 Å². The minimum atomic E-state index is -0.176. The first-order chi connectivity index (χ1) is 9.24. The van der Waals surface area contributed by atoms with Crippen LogP contribution in [0.2, 0.25) is 0 Å². The number of carbonyl (C=O) groups is 1. The predicted octanol–water partition coefficient (Wildman–Crippen LogP) is 0.941. The van der Waals surface area contributed by atoms with Crippen LogP contribution in [-0.4, -0.2) is 44.5 Å². The lowest BCUT2D eigenvalue weighted by atomic mass is 9.93. The molecule has 4 nitrogen and oxygen atoms in total. The fraction of sp³-hybridized carbons (Fsp3) is 0.533. The summed E-state index contributed by atoms with van der Waals surface area (Å²) in [5.74, 6) is 0.170. The Hall–Kier alpha value is -1.39. The molecule has 1 atom stereocenters. The second kappa shape index (κ2) is 6.68. The molecule has 0 aliphatic carbocycles. The van der Waals surface area contributed by atoms with Crippen molar-refractivity contribution >= 4 is 5.91 Å². The number of hydrogen-bond acceptors (Lipinski definition) is 3. The monoisotopic (exact) mass is 261 g/mol. The molecule has 4 heteroatoms. The highest BCUT2D eigenvalue weighted by molar-refractivity contribution is 5.83. The lowest BCUT2D eigenvalue weighted by Gasteiger charge is -2.29. The molecule has 1 aromatic carbocycles. The number of hydrogen-bond donors (Lipinski definition) is 2. The predicted molar refractivity (Wildman–Crippen MR) is 77.1 cm³/mol. The number of nitrogens with zero attached hydrogens (tertiary/aromatic N) is 1. The Labute approximate surface area is 115 Å². The zero-order valence-electron chi connectivity index (χ0n) is 11.8. The van der Waals surface area contributed by atoms with Crippen LogP contribution in [0.1, 0.15) is 23.6 Å². The molecular weight excluding hydrogens is 238 g/mol. The van der Waals surface area contributed by atoms with Crippen LogP contribution in [0.15, 0.2) is 24.3 Å². The maximum Gasteiger partial charge on any atom is 0.244 e. The largest absolute Gasteiger partial charge is 0.344 e. The van der Waals surface area contributed by atoms with Gasteiger partial charge in [-0.25, -0.2) is 0 Å². The minimum Gasteiger partial charge on any atom is -0.344 e. The first-order valence-electron chi connectivity index (χ1n) is 6.95. The Kier molecular flexibility index (Phi) is 4.93. The Morgan fingerprint density at radius 3 is 3.05 bits per heavy atom. The number of fused-ring (bicyclic) bond motifs is 1. The van der Waals surface area contributed by atoms with E-state index in [0.717, 1.165) is 38.0 Å². The Morgan fingerprint density at radius 1 is 1.47 bits per heavy atom. The molecule has 0 fully saturated rings. The highest BCUT2D eigenvalue weighted by atomic mass is 16.2. The van der Waals surface area contributed by atoms with Crippen molar-refractivity contribution in [3.05, 3.63) is 35.4 Å². The highest BCUT2D eigenvalue weighted by Crippen LogP contribution is 2.23. The Bertz CT molecular complexity index is 433. The number of likely N-dealkylation sites (N-methyl/N-ethyl adjacent to an activating group) is 1. The van der Waals surface area contributed by atoms with Crippen LogP contribution >= 0.6 is 0 Å². The Balaban J connectivity index is 2.04. The summed E-state index contributed by atoms with van der Waals surface area (Å²) in [4.78, 5) is 14.3. The molecule has 2 N–H and O–H groups in total. The minimum absolute atomic E-state index is 0.170. The molecule has 1 amide bonds. The molecule has 0 aromatic heterocycles. The van der Waals surface area contributed by atoms with Gasteiger partial charge in [-0.05, 0) is 37.6 Å². The fourth-order valence-corrected chi connectivity index (χ4v) is 2.55. The van der Waals surface area contributed by atoms with E-state index in [1.807, 2.05) is 31.1 Å². The number of carbonyl (C=O) groups excluding carboxylic acids is 1. The molecule has 2 rings (SSSR count). The summed E-state index contributed by atoms with van der Waals surface area (Å²) in [6.07, 6.45) is 1.98. The quantitative estimate of drug-likeness (QED) is 0.775. The van der Waals surface area contributed by atoms with Gasteiger partial charge in [0.25, 0.3) is 0 Å². The van der Waals surface area contributed by atoms with Crippen molar-refractivity contribution in [2.24, 2.45) is 0 Å². The molecule has 1 aliphatic rings. The molecule has 104 valence electrons. The van der Waals surface area contributed by atoms with Gasteiger partial charge in [-0.3, -0.25) is 4.79 Å². The van der Waals surface area contributed by atoms with Crippen LogP contribution in [0, 0.1) is 0 Å². The summed E-state index contributed by atoms with van der Waals surface area (Å²) in [5, 5.41) is 6.44. The van der Waals surface area contributed by atoms with Crippen molar-refractivity contribution < 1.29 is 4.79 Å². The topological polar surface area (TPSA) is 44.4 Å². The van der Waals surface area contributed by atoms with Crippen molar-refractivity contribution in [2.45, 2.75) is 18.9 Å². The van der Waals surface area contributed by atoms with Crippen molar-refractivity contribution in [2.75, 3.05) is 33.7 Å². The number of nitrogens with one attached hydrogen (secondary N) is 2. The van der Waals surface area contributed by atoms with Crippen molar-refractivity contribution in [3.63, 3.8) is 0 Å². The van der Waals surface area contributed by atoms with E-state index in [2.05, 4.69) is 22.8 Å². The molecular formula is C15H23N3O. The zero-order chi connectivity index (χ0) is 13.7. The summed E-state index contributed by atoms with van der Waals surface area (Å²) >= 11 is 0. The summed E-state index contributed by atoms with van der Waals surface area (Å²) in [6.45, 7) is 2.60. The van der Waals surface area contributed by atoms with Gasteiger partial charge in [-0.15, -0.1) is 0 Å². The van der Waals surface area contributed by atoms with Crippen LogP contribution in [0.5, 0.6) is 0 Å². The third-order valence-electron chi connectivity index (χ3n) is 3.65. The lowest BCUT2D eigenvalue weighted by molar-refractivity contribution is -0.132. The van der Waals surface area contributed by atoms with E-state index < -0.39 is 0 Å². The maximum atomic E-state index is 12.5. The molecule has 0 saturated carbocycles. The average Bonchev–Trinajstić information content (AvgIpc) is 2.46. The molecule has 1 aliphatic heterocycles. The summed E-state index contributed by atoms with van der Waals surface area (Å²) < 4.78 is 0. The first-order valence-corrected chi connectivity index (χ1v) is 6.95. The molecule has 1 aromatic rings. The van der Waals surface area contributed by atoms with Crippen LogP contribution < -0.4 is 10.6 Å². The van der Waals surface area contributed by atoms with Crippen LogP contribution in [0.3, 0.4) is 0 Å². The molecule has 0 radical (unpaired) electrons. The molecule has 1 unspecified atom stereocenters. The van der Waals surface area contributed by atoms with E-state index in [4.69, 9.17) is 0 Å². The third kappa shape index (κ3) is 3.33. The zero-order valence-corrected chi connectivity index (χ0v) is 11.8. The van der Waals surface area contributed by atoms with E-state index >= 15 is 0 Å². The smallest absolute Gasteiger partial charge is 0.244 e. The van der Waals surface area contributed by atoms with Crippen LogP contribution in [0.25, 0.3) is 0 Å². The second-order valence-corrected chi connectivity index (χ2v) is 5.05. The van der Waals surface area contributed by atoms with Crippen LogP contribution in [0.4, 0.5) is 0 Å². The maximum absolute atomic E-state index is 12.5. The fourth-order valence-electron chi connectivity index (χ4n) is 2.55. The van der Waals surface area contributed by atoms with Gasteiger partial charge in [-0.1, -0.05) is 24.3 Å². The van der Waals surface area contributed by atoms with Crippen molar-refractivity contribution in [1.82, 2.24) is 15.5 Å². The molecule has 0 bridgehead atoms. The van der Waals surface area contributed by atoms with Gasteiger partial charge in [-0.2, -0.15) is 0 Å². The van der Waals surface area contributed by atoms with Crippen LogP contribution in [-0.2, 0) is 11.2 Å². The standard InChI is InChI=1S/C15H23N3O/c1-16-9-5-11-18(2)15(19)14-13-7-4-3-6-12(13)8-10-17-14/h3-4,6-7,14,16-17H,5,8-11H2,1-2H3. The summed E-state index contributed by atoms with van der Waals surface area (Å²) in [7, 11) is 3.82. The Morgan fingerprint density at radius 2 is 2.26 bits per heavy atom. The first kappa shape index (κ1) is 14.0. The molecule has 0 saturated heterocycles. The molecule has 19 heavy (non-hydrogen) atoms. The van der Waals surface area contributed by atoms with E-state index in [0.29, 0.717) is 0 Å². The molecule has 0 spiro atoms. The average molecular weight is 261 g/mol.